The van der Waals surface area contributed by atoms with Gasteiger partial charge in [0.15, 0.2) is 11.5 Å². The Bertz CT molecular complexity index is 436. The summed E-state index contributed by atoms with van der Waals surface area (Å²) in [5, 5.41) is 2.70. The molecule has 1 aromatic carbocycles. The van der Waals surface area contributed by atoms with Crippen LogP contribution >= 0.6 is 11.9 Å². The van der Waals surface area contributed by atoms with Crippen LogP contribution in [-0.4, -0.2) is 19.2 Å². The summed E-state index contributed by atoms with van der Waals surface area (Å²) in [6.45, 7) is 1.11. The van der Waals surface area contributed by atoms with Gasteiger partial charge in [0.05, 0.1) is 10.6 Å². The van der Waals surface area contributed by atoms with E-state index in [9.17, 15) is 4.79 Å². The summed E-state index contributed by atoms with van der Waals surface area (Å²) in [7, 11) is 0. The summed E-state index contributed by atoms with van der Waals surface area (Å²) in [6, 6.07) is 3.43. The first-order valence-corrected chi connectivity index (χ1v) is 5.32. The fourth-order valence-electron chi connectivity index (χ4n) is 1.50. The lowest BCUT2D eigenvalue weighted by Gasteiger charge is -2.23. The van der Waals surface area contributed by atoms with Gasteiger partial charge in [0, 0.05) is 12.1 Å². The second-order valence-electron chi connectivity index (χ2n) is 3.15. The molecule has 0 fully saturated rings. The van der Waals surface area contributed by atoms with E-state index in [2.05, 4.69) is 10.0 Å². The Kier molecular flexibility index (Phi) is 1.88. The molecule has 6 heteroatoms. The summed E-state index contributed by atoms with van der Waals surface area (Å²) >= 11 is 1.27. The highest BCUT2D eigenvalue weighted by Crippen LogP contribution is 2.40. The van der Waals surface area contributed by atoms with Crippen LogP contribution in [-0.2, 0) is 0 Å². The second-order valence-corrected chi connectivity index (χ2v) is 4.00. The topological polar surface area (TPSA) is 59.6 Å². The van der Waals surface area contributed by atoms with E-state index in [0.29, 0.717) is 19.0 Å². The van der Waals surface area contributed by atoms with Crippen LogP contribution in [0.15, 0.2) is 17.0 Å². The number of nitrogens with one attached hydrogen (secondary N) is 2. The Balaban J connectivity index is 2.06. The van der Waals surface area contributed by atoms with E-state index < -0.39 is 0 Å². The summed E-state index contributed by atoms with van der Waals surface area (Å²) in [5.41, 5.74) is 0.757. The largest absolute Gasteiger partial charge is 0.486 e. The molecule has 2 aliphatic rings. The third-order valence-electron chi connectivity index (χ3n) is 2.15. The quantitative estimate of drug-likeness (QED) is 0.657. The van der Waals surface area contributed by atoms with Gasteiger partial charge in [-0.1, -0.05) is 0 Å². The van der Waals surface area contributed by atoms with Gasteiger partial charge in [0.25, 0.3) is 0 Å². The molecule has 3 rings (SSSR count). The molecule has 0 bridgehead atoms. The van der Waals surface area contributed by atoms with E-state index in [0.717, 1.165) is 16.3 Å². The monoisotopic (exact) mass is 224 g/mol. The highest BCUT2D eigenvalue weighted by Gasteiger charge is 2.20. The van der Waals surface area contributed by atoms with Crippen molar-refractivity contribution in [2.75, 3.05) is 18.5 Å². The Morgan fingerprint density at radius 3 is 2.73 bits per heavy atom. The molecule has 2 heterocycles. The minimum atomic E-state index is -0.218. The fraction of sp³-hybridized carbons (Fsp3) is 0.222. The second kappa shape index (κ2) is 3.23. The van der Waals surface area contributed by atoms with Gasteiger partial charge in [-0.25, -0.2) is 4.79 Å². The molecule has 2 amide bonds. The molecule has 0 saturated heterocycles. The zero-order valence-corrected chi connectivity index (χ0v) is 8.52. The molecule has 0 saturated carbocycles. The summed E-state index contributed by atoms with van der Waals surface area (Å²) in [6.07, 6.45) is 0. The van der Waals surface area contributed by atoms with Crippen molar-refractivity contribution in [1.82, 2.24) is 4.72 Å². The molecule has 0 radical (unpaired) electrons. The Hall–Kier alpha value is -1.56. The number of urea groups is 1. The van der Waals surface area contributed by atoms with Crippen LogP contribution in [0.2, 0.25) is 0 Å². The molecule has 5 nitrogen and oxygen atoms in total. The van der Waals surface area contributed by atoms with Gasteiger partial charge in [-0.2, -0.15) is 0 Å². The summed E-state index contributed by atoms with van der Waals surface area (Å²) in [4.78, 5) is 12.0. The molecule has 2 N–H and O–H groups in total. The molecule has 0 spiro atoms. The van der Waals surface area contributed by atoms with E-state index in [-0.39, 0.29) is 6.03 Å². The fourth-order valence-corrected chi connectivity index (χ4v) is 2.14. The van der Waals surface area contributed by atoms with Crippen LogP contribution in [0.3, 0.4) is 0 Å². The first-order chi connectivity index (χ1) is 7.33. The zero-order chi connectivity index (χ0) is 10.3. The smallest absolute Gasteiger partial charge is 0.329 e. The Morgan fingerprint density at radius 1 is 1.20 bits per heavy atom. The molecular weight excluding hydrogens is 216 g/mol. The van der Waals surface area contributed by atoms with Crippen molar-refractivity contribution in [3.63, 3.8) is 0 Å². The van der Waals surface area contributed by atoms with E-state index >= 15 is 0 Å². The average molecular weight is 224 g/mol. The normalized spacial score (nSPS) is 17.5. The predicted molar refractivity (Wildman–Crippen MR) is 55.4 cm³/mol. The lowest BCUT2D eigenvalue weighted by molar-refractivity contribution is 0.171. The number of hydrogen-bond acceptors (Lipinski definition) is 4. The Morgan fingerprint density at radius 2 is 1.93 bits per heavy atom. The number of fused-ring (bicyclic) bond motifs is 2. The molecule has 2 aliphatic heterocycles. The molecule has 0 aromatic heterocycles. The SMILES string of the molecule is O=C1NSc2cc3c(cc2N1)OCCO3. The van der Waals surface area contributed by atoms with Crippen LogP contribution in [0, 0.1) is 0 Å². The molecule has 1 aromatic rings. The van der Waals surface area contributed by atoms with Crippen molar-refractivity contribution in [3.05, 3.63) is 12.1 Å². The molecule has 78 valence electrons. The van der Waals surface area contributed by atoms with Crippen molar-refractivity contribution < 1.29 is 14.3 Å². The van der Waals surface area contributed by atoms with E-state index in [4.69, 9.17) is 9.47 Å². The van der Waals surface area contributed by atoms with E-state index in [1.165, 1.54) is 11.9 Å². The number of ether oxygens (including phenoxy) is 2. The molecule has 15 heavy (non-hydrogen) atoms. The third kappa shape index (κ3) is 1.46. The van der Waals surface area contributed by atoms with E-state index in [1.54, 1.807) is 6.07 Å². The van der Waals surface area contributed by atoms with Crippen molar-refractivity contribution in [2.24, 2.45) is 0 Å². The highest BCUT2D eigenvalue weighted by molar-refractivity contribution is 7.98. The Labute approximate surface area is 90.3 Å². The van der Waals surface area contributed by atoms with E-state index in [1.807, 2.05) is 6.07 Å². The maximum absolute atomic E-state index is 11.1. The van der Waals surface area contributed by atoms with Crippen molar-refractivity contribution >= 4 is 23.7 Å². The van der Waals surface area contributed by atoms with Gasteiger partial charge in [-0.15, -0.1) is 0 Å². The summed E-state index contributed by atoms with van der Waals surface area (Å²) in [5.74, 6) is 1.41. The minimum absolute atomic E-state index is 0.218. The van der Waals surface area contributed by atoms with Gasteiger partial charge >= 0.3 is 6.03 Å². The first-order valence-electron chi connectivity index (χ1n) is 4.50. The number of benzene rings is 1. The number of amides is 2. The van der Waals surface area contributed by atoms with Gasteiger partial charge in [0.2, 0.25) is 0 Å². The molecule has 0 atom stereocenters. The first kappa shape index (κ1) is 8.72. The van der Waals surface area contributed by atoms with Crippen LogP contribution in [0.5, 0.6) is 11.5 Å². The maximum atomic E-state index is 11.1. The third-order valence-corrected chi connectivity index (χ3v) is 2.99. The lowest BCUT2D eigenvalue weighted by atomic mass is 10.2. The van der Waals surface area contributed by atoms with Crippen LogP contribution in [0.4, 0.5) is 10.5 Å². The van der Waals surface area contributed by atoms with Crippen LogP contribution in [0.25, 0.3) is 0 Å². The minimum Gasteiger partial charge on any atom is -0.486 e. The van der Waals surface area contributed by atoms with Crippen LogP contribution < -0.4 is 19.5 Å². The average Bonchev–Trinajstić information content (AvgIpc) is 2.26. The standard InChI is InChI=1S/C9H8N2O3S/c12-9-10-5-3-6-7(14-2-1-13-6)4-8(5)15-11-9/h3-4H,1-2H2,(H2,10,11,12). The zero-order valence-electron chi connectivity index (χ0n) is 7.70. The molecule has 0 aliphatic carbocycles. The molecular formula is C9H8N2O3S. The predicted octanol–water partition coefficient (Wildman–Crippen LogP) is 1.60. The lowest BCUT2D eigenvalue weighted by Crippen LogP contribution is -2.27. The van der Waals surface area contributed by atoms with Gasteiger partial charge < -0.3 is 14.8 Å². The van der Waals surface area contributed by atoms with Gasteiger partial charge in [-0.05, 0) is 11.9 Å². The number of carbonyl (C=O) groups excluding carboxylic acids is 1. The van der Waals surface area contributed by atoms with Crippen molar-refractivity contribution in [1.29, 1.82) is 0 Å². The maximum Gasteiger partial charge on any atom is 0.329 e. The van der Waals surface area contributed by atoms with Crippen molar-refractivity contribution in [3.8, 4) is 11.5 Å². The molecule has 0 unspecified atom stereocenters. The van der Waals surface area contributed by atoms with Gasteiger partial charge in [-0.3, -0.25) is 4.72 Å². The van der Waals surface area contributed by atoms with Crippen molar-refractivity contribution in [2.45, 2.75) is 4.90 Å². The number of hydrogen-bond donors (Lipinski definition) is 2. The number of anilines is 1. The number of carbonyl (C=O) groups is 1. The summed E-state index contributed by atoms with van der Waals surface area (Å²) < 4.78 is 13.5. The van der Waals surface area contributed by atoms with Gasteiger partial charge in [0.1, 0.15) is 13.2 Å². The van der Waals surface area contributed by atoms with Crippen LogP contribution in [0.1, 0.15) is 0 Å². The highest BCUT2D eigenvalue weighted by atomic mass is 32.2. The number of rotatable bonds is 0.